The number of hydrogen-bond donors (Lipinski definition) is 3. The predicted molar refractivity (Wildman–Crippen MR) is 82.3 cm³/mol. The maximum atomic E-state index is 13.5. The number of benzene rings is 1. The molecule has 128 valence electrons. The van der Waals surface area contributed by atoms with Gasteiger partial charge in [0.1, 0.15) is 11.6 Å². The number of hydrogen-bond acceptors (Lipinski definition) is 4. The maximum Gasteiger partial charge on any atom is 0.315 e. The van der Waals surface area contributed by atoms with Crippen molar-refractivity contribution in [1.29, 1.82) is 0 Å². The number of aliphatic hydroxyl groups excluding tert-OH is 1. The average Bonchev–Trinajstić information content (AvgIpc) is 2.58. The van der Waals surface area contributed by atoms with Crippen LogP contribution in [0.1, 0.15) is 17.2 Å². The van der Waals surface area contributed by atoms with E-state index < -0.39 is 23.8 Å². The van der Waals surface area contributed by atoms with Crippen LogP contribution in [-0.2, 0) is 6.54 Å². The molecule has 6 nitrogen and oxygen atoms in total. The molecule has 1 aromatic heterocycles. The minimum absolute atomic E-state index is 0.0920. The fraction of sp³-hybridized carbons (Fsp3) is 0.250. The Hall–Kier alpha value is -2.74. The molecule has 1 aromatic carbocycles. The zero-order valence-corrected chi connectivity index (χ0v) is 12.9. The number of nitrogens with one attached hydrogen (secondary N) is 2. The van der Waals surface area contributed by atoms with Gasteiger partial charge < -0.3 is 20.5 Å². The fourth-order valence-electron chi connectivity index (χ4n) is 2.05. The predicted octanol–water partition coefficient (Wildman–Crippen LogP) is 1.90. The molecule has 0 aliphatic heterocycles. The van der Waals surface area contributed by atoms with Crippen molar-refractivity contribution in [1.82, 2.24) is 15.6 Å². The average molecular weight is 337 g/mol. The number of aromatic nitrogens is 1. The second kappa shape index (κ2) is 8.21. The Kier molecular flexibility index (Phi) is 6.02. The summed E-state index contributed by atoms with van der Waals surface area (Å²) in [5, 5.41) is 14.9. The van der Waals surface area contributed by atoms with Crippen molar-refractivity contribution in [2.45, 2.75) is 12.6 Å². The maximum absolute atomic E-state index is 13.5. The molecule has 0 saturated heterocycles. The van der Waals surface area contributed by atoms with Crippen molar-refractivity contribution >= 4 is 6.03 Å². The van der Waals surface area contributed by atoms with Crippen molar-refractivity contribution in [3.05, 3.63) is 59.3 Å². The van der Waals surface area contributed by atoms with Gasteiger partial charge in [0.15, 0.2) is 0 Å². The van der Waals surface area contributed by atoms with Crippen LogP contribution in [0.3, 0.4) is 0 Å². The van der Waals surface area contributed by atoms with Crippen molar-refractivity contribution in [2.24, 2.45) is 0 Å². The largest absolute Gasteiger partial charge is 0.481 e. The molecule has 24 heavy (non-hydrogen) atoms. The first-order chi connectivity index (χ1) is 11.5. The normalized spacial score (nSPS) is 11.7. The number of carbonyl (C=O) groups excluding carboxylic acids is 1. The van der Waals surface area contributed by atoms with E-state index in [4.69, 9.17) is 4.74 Å². The standard InChI is InChI=1S/C16H17F2N3O3/c1-24-15-10(3-2-6-19-15)8-20-16(23)21-9-14(22)12-5-4-11(17)7-13(12)18/h2-7,14,22H,8-9H2,1H3,(H2,20,21,23)/t14-/m1/s1. The number of methoxy groups -OCH3 is 1. The summed E-state index contributed by atoms with van der Waals surface area (Å²) in [5.41, 5.74) is 0.589. The molecular formula is C16H17F2N3O3. The second-order valence-corrected chi connectivity index (χ2v) is 4.92. The van der Waals surface area contributed by atoms with Crippen molar-refractivity contribution in [3.8, 4) is 5.88 Å². The number of nitrogens with zero attached hydrogens (tertiary/aromatic N) is 1. The molecular weight excluding hydrogens is 320 g/mol. The van der Waals surface area contributed by atoms with Gasteiger partial charge in [-0.15, -0.1) is 0 Å². The van der Waals surface area contributed by atoms with Gasteiger partial charge in [-0.05, 0) is 12.1 Å². The lowest BCUT2D eigenvalue weighted by Gasteiger charge is -2.14. The van der Waals surface area contributed by atoms with Gasteiger partial charge >= 0.3 is 6.03 Å². The van der Waals surface area contributed by atoms with E-state index >= 15 is 0 Å². The van der Waals surface area contributed by atoms with Gasteiger partial charge in [-0.1, -0.05) is 12.1 Å². The van der Waals surface area contributed by atoms with Gasteiger partial charge in [0.2, 0.25) is 5.88 Å². The Labute approximate surface area is 137 Å². The summed E-state index contributed by atoms with van der Waals surface area (Å²) in [6.45, 7) is -0.0532. The highest BCUT2D eigenvalue weighted by atomic mass is 19.1. The molecule has 2 rings (SSSR count). The summed E-state index contributed by atoms with van der Waals surface area (Å²) >= 11 is 0. The lowest BCUT2D eigenvalue weighted by Crippen LogP contribution is -2.37. The molecule has 0 aliphatic rings. The minimum Gasteiger partial charge on any atom is -0.481 e. The number of carbonyl (C=O) groups is 1. The summed E-state index contributed by atoms with van der Waals surface area (Å²) in [5.74, 6) is -1.21. The quantitative estimate of drug-likeness (QED) is 0.752. The number of amides is 2. The zero-order valence-electron chi connectivity index (χ0n) is 12.9. The van der Waals surface area contributed by atoms with Crippen LogP contribution in [0.5, 0.6) is 5.88 Å². The molecule has 0 aliphatic carbocycles. The second-order valence-electron chi connectivity index (χ2n) is 4.92. The number of pyridine rings is 1. The van der Waals surface area contributed by atoms with Crippen molar-refractivity contribution < 1.29 is 23.4 Å². The van der Waals surface area contributed by atoms with Crippen LogP contribution < -0.4 is 15.4 Å². The molecule has 0 bridgehead atoms. The van der Waals surface area contributed by atoms with E-state index in [9.17, 15) is 18.7 Å². The Morgan fingerprint density at radius 1 is 1.33 bits per heavy atom. The number of aliphatic hydroxyl groups is 1. The summed E-state index contributed by atoms with van der Waals surface area (Å²) in [6, 6.07) is 5.74. The van der Waals surface area contributed by atoms with Crippen molar-refractivity contribution in [3.63, 3.8) is 0 Å². The SMILES string of the molecule is COc1ncccc1CNC(=O)NC[C@@H](O)c1ccc(F)cc1F. The van der Waals surface area contributed by atoms with E-state index in [1.165, 1.54) is 7.11 Å². The first-order valence-electron chi connectivity index (χ1n) is 7.14. The van der Waals surface area contributed by atoms with Crippen LogP contribution in [0, 0.1) is 11.6 Å². The van der Waals surface area contributed by atoms with Crippen molar-refractivity contribution in [2.75, 3.05) is 13.7 Å². The van der Waals surface area contributed by atoms with Gasteiger partial charge in [-0.3, -0.25) is 0 Å². The Balaban J connectivity index is 1.84. The van der Waals surface area contributed by atoms with Gasteiger partial charge in [0.05, 0.1) is 13.2 Å². The molecule has 0 spiro atoms. The smallest absolute Gasteiger partial charge is 0.315 e. The monoisotopic (exact) mass is 337 g/mol. The van der Waals surface area contributed by atoms with Gasteiger partial charge in [0.25, 0.3) is 0 Å². The number of halogens is 2. The topological polar surface area (TPSA) is 83.5 Å². The van der Waals surface area contributed by atoms with Crippen LogP contribution in [0.4, 0.5) is 13.6 Å². The Morgan fingerprint density at radius 3 is 2.83 bits per heavy atom. The molecule has 3 N–H and O–H groups in total. The van der Waals surface area contributed by atoms with E-state index in [-0.39, 0.29) is 18.7 Å². The molecule has 1 heterocycles. The van der Waals surface area contributed by atoms with Gasteiger partial charge in [0, 0.05) is 36.5 Å². The summed E-state index contributed by atoms with van der Waals surface area (Å²) in [6.07, 6.45) is 0.278. The summed E-state index contributed by atoms with van der Waals surface area (Å²) in [7, 11) is 1.47. The van der Waals surface area contributed by atoms with E-state index in [0.717, 1.165) is 12.1 Å². The number of rotatable bonds is 6. The highest BCUT2D eigenvalue weighted by molar-refractivity contribution is 5.73. The van der Waals surface area contributed by atoms with E-state index in [1.807, 2.05) is 0 Å². The van der Waals surface area contributed by atoms with Crippen LogP contribution in [-0.4, -0.2) is 29.8 Å². The first-order valence-corrected chi connectivity index (χ1v) is 7.14. The zero-order chi connectivity index (χ0) is 17.5. The number of ether oxygens (including phenoxy) is 1. The number of urea groups is 1. The Morgan fingerprint density at radius 2 is 2.12 bits per heavy atom. The highest BCUT2D eigenvalue weighted by Gasteiger charge is 2.14. The van der Waals surface area contributed by atoms with E-state index in [0.29, 0.717) is 17.5 Å². The van der Waals surface area contributed by atoms with Crippen LogP contribution in [0.25, 0.3) is 0 Å². The van der Waals surface area contributed by atoms with E-state index in [2.05, 4.69) is 15.6 Å². The molecule has 2 amide bonds. The molecule has 0 unspecified atom stereocenters. The molecule has 0 radical (unpaired) electrons. The molecule has 2 aromatic rings. The molecule has 8 heteroatoms. The van der Waals surface area contributed by atoms with Crippen LogP contribution >= 0.6 is 0 Å². The third-order valence-electron chi connectivity index (χ3n) is 3.26. The molecule has 0 saturated carbocycles. The fourth-order valence-corrected chi connectivity index (χ4v) is 2.05. The lowest BCUT2D eigenvalue weighted by atomic mass is 10.1. The summed E-state index contributed by atoms with van der Waals surface area (Å²) in [4.78, 5) is 15.7. The van der Waals surface area contributed by atoms with Crippen LogP contribution in [0.2, 0.25) is 0 Å². The minimum atomic E-state index is -1.29. The highest BCUT2D eigenvalue weighted by Crippen LogP contribution is 2.17. The Bertz CT molecular complexity index is 713. The lowest BCUT2D eigenvalue weighted by molar-refractivity contribution is 0.168. The van der Waals surface area contributed by atoms with Gasteiger partial charge in [-0.2, -0.15) is 0 Å². The van der Waals surface area contributed by atoms with E-state index in [1.54, 1.807) is 18.3 Å². The first kappa shape index (κ1) is 17.6. The third kappa shape index (κ3) is 4.63. The van der Waals surface area contributed by atoms with Gasteiger partial charge in [-0.25, -0.2) is 18.6 Å². The third-order valence-corrected chi connectivity index (χ3v) is 3.26. The molecule has 0 fully saturated rings. The van der Waals surface area contributed by atoms with Crippen LogP contribution in [0.15, 0.2) is 36.5 Å². The summed E-state index contributed by atoms with van der Waals surface area (Å²) < 4.78 is 31.4. The molecule has 1 atom stereocenters.